The number of rotatable bonds is 9. The Morgan fingerprint density at radius 1 is 1.39 bits per heavy atom. The van der Waals surface area contributed by atoms with Gasteiger partial charge in [-0.3, -0.25) is 4.72 Å². The number of benzene rings is 1. The minimum absolute atomic E-state index is 0.145. The Kier molecular flexibility index (Phi) is 7.10. The van der Waals surface area contributed by atoms with E-state index in [0.717, 1.165) is 62.4 Å². The van der Waals surface area contributed by atoms with Gasteiger partial charge in [0.25, 0.3) is 10.0 Å². The van der Waals surface area contributed by atoms with E-state index in [0.29, 0.717) is 12.2 Å². The first-order chi connectivity index (χ1) is 13.3. The number of aromatic nitrogens is 1. The Hall–Kier alpha value is -1.46. The molecule has 0 bridgehead atoms. The van der Waals surface area contributed by atoms with Crippen LogP contribution in [0.4, 0.5) is 15.2 Å². The van der Waals surface area contributed by atoms with Crippen LogP contribution >= 0.6 is 22.9 Å². The summed E-state index contributed by atoms with van der Waals surface area (Å²) >= 11 is 7.27. The van der Waals surface area contributed by atoms with Crippen molar-refractivity contribution in [2.45, 2.75) is 30.2 Å². The number of nitrogens with one attached hydrogen (secondary N) is 2. The zero-order chi connectivity index (χ0) is 20.1. The van der Waals surface area contributed by atoms with Crippen molar-refractivity contribution in [2.24, 2.45) is 5.73 Å². The first kappa shape index (κ1) is 21.3. The molecule has 0 unspecified atom stereocenters. The summed E-state index contributed by atoms with van der Waals surface area (Å²) in [6.45, 7) is 3.58. The van der Waals surface area contributed by atoms with E-state index in [9.17, 15) is 12.8 Å². The lowest BCUT2D eigenvalue weighted by Gasteiger charge is -2.15. The number of hydrogen-bond donors (Lipinski definition) is 3. The molecule has 0 radical (unpaired) electrons. The van der Waals surface area contributed by atoms with Crippen molar-refractivity contribution in [3.8, 4) is 0 Å². The van der Waals surface area contributed by atoms with E-state index in [-0.39, 0.29) is 16.2 Å². The van der Waals surface area contributed by atoms with Gasteiger partial charge in [0.05, 0.1) is 10.7 Å². The van der Waals surface area contributed by atoms with Gasteiger partial charge >= 0.3 is 0 Å². The lowest BCUT2D eigenvalue weighted by molar-refractivity contribution is 0.327. The number of halogens is 2. The van der Waals surface area contributed by atoms with Crippen LogP contribution in [0.15, 0.2) is 28.6 Å². The standard InChI is InChI=1S/C17H23ClFN5O2S2/c18-13-9-16(28(25,26)23-17-22-5-8-27-17)14(19)10-15(13)21-4-1-2-6-24-7-3-12(20)11-24/h5,8-10,12,21H,1-4,6-7,11,20H2,(H,22,23)/t12-/m0/s1. The molecule has 28 heavy (non-hydrogen) atoms. The molecule has 2 aromatic rings. The molecule has 0 spiro atoms. The molecule has 1 saturated heterocycles. The average molecular weight is 448 g/mol. The number of likely N-dealkylation sites (tertiary alicyclic amines) is 1. The monoisotopic (exact) mass is 447 g/mol. The molecule has 1 aromatic carbocycles. The molecule has 0 aliphatic carbocycles. The quantitative estimate of drug-likeness (QED) is 0.511. The number of unbranched alkanes of at least 4 members (excludes halogenated alkanes) is 1. The highest BCUT2D eigenvalue weighted by Crippen LogP contribution is 2.29. The lowest BCUT2D eigenvalue weighted by atomic mass is 10.2. The molecule has 154 valence electrons. The van der Waals surface area contributed by atoms with Crippen LogP contribution in [0.5, 0.6) is 0 Å². The second-order valence-corrected chi connectivity index (χ2v) is 9.64. The van der Waals surface area contributed by atoms with E-state index >= 15 is 0 Å². The summed E-state index contributed by atoms with van der Waals surface area (Å²) in [6.07, 6.45) is 4.37. The number of sulfonamides is 1. The van der Waals surface area contributed by atoms with Gasteiger partial charge in [0.15, 0.2) is 5.13 Å². The van der Waals surface area contributed by atoms with Crippen molar-refractivity contribution in [1.29, 1.82) is 0 Å². The predicted molar refractivity (Wildman–Crippen MR) is 111 cm³/mol. The van der Waals surface area contributed by atoms with Crippen molar-refractivity contribution < 1.29 is 12.8 Å². The van der Waals surface area contributed by atoms with E-state index in [1.54, 1.807) is 5.38 Å². The number of hydrogen-bond acceptors (Lipinski definition) is 7. The normalized spacial score (nSPS) is 17.8. The SMILES string of the molecule is N[C@H]1CCN(CCCCNc2cc(F)c(S(=O)(=O)Nc3nccs3)cc2Cl)C1. The van der Waals surface area contributed by atoms with Crippen molar-refractivity contribution in [2.75, 3.05) is 36.2 Å². The first-order valence-electron chi connectivity index (χ1n) is 8.98. The Balaban J connectivity index is 1.54. The minimum atomic E-state index is -4.10. The largest absolute Gasteiger partial charge is 0.384 e. The summed E-state index contributed by atoms with van der Waals surface area (Å²) in [6, 6.07) is 2.50. The maximum atomic E-state index is 14.4. The fourth-order valence-electron chi connectivity index (χ4n) is 3.06. The summed E-state index contributed by atoms with van der Waals surface area (Å²) in [5, 5.41) is 5.00. The summed E-state index contributed by atoms with van der Waals surface area (Å²) in [7, 11) is -4.10. The second-order valence-electron chi connectivity index (χ2n) is 6.69. The Labute approximate surface area is 173 Å². The number of nitrogens with two attached hydrogens (primary N) is 1. The number of nitrogens with zero attached hydrogens (tertiary/aromatic N) is 2. The minimum Gasteiger partial charge on any atom is -0.384 e. The maximum absolute atomic E-state index is 14.4. The molecule has 7 nitrogen and oxygen atoms in total. The van der Waals surface area contributed by atoms with Gasteiger partial charge in [0, 0.05) is 30.7 Å². The van der Waals surface area contributed by atoms with Gasteiger partial charge in [0.1, 0.15) is 10.7 Å². The van der Waals surface area contributed by atoms with E-state index in [2.05, 4.69) is 19.9 Å². The third-order valence-electron chi connectivity index (χ3n) is 4.49. The molecule has 11 heteroatoms. The summed E-state index contributed by atoms with van der Waals surface area (Å²) in [5.74, 6) is -0.873. The highest BCUT2D eigenvalue weighted by Gasteiger charge is 2.22. The molecular weight excluding hydrogens is 425 g/mol. The molecule has 0 saturated carbocycles. The van der Waals surface area contributed by atoms with Crippen molar-refractivity contribution in [3.05, 3.63) is 34.5 Å². The van der Waals surface area contributed by atoms with Crippen LogP contribution in [0.3, 0.4) is 0 Å². The molecule has 3 rings (SSSR count). The van der Waals surface area contributed by atoms with Crippen LogP contribution in [0.1, 0.15) is 19.3 Å². The summed E-state index contributed by atoms with van der Waals surface area (Å²) in [4.78, 5) is 5.67. The van der Waals surface area contributed by atoms with E-state index in [4.69, 9.17) is 17.3 Å². The molecule has 1 aliphatic rings. The molecular formula is C17H23ClFN5O2S2. The highest BCUT2D eigenvalue weighted by atomic mass is 35.5. The summed E-state index contributed by atoms with van der Waals surface area (Å²) < 4.78 is 41.4. The van der Waals surface area contributed by atoms with Gasteiger partial charge in [-0.25, -0.2) is 17.8 Å². The molecule has 1 aromatic heterocycles. The van der Waals surface area contributed by atoms with Crippen molar-refractivity contribution in [3.63, 3.8) is 0 Å². The number of thiazole rings is 1. The Morgan fingerprint density at radius 3 is 2.89 bits per heavy atom. The molecule has 2 heterocycles. The molecule has 1 atom stereocenters. The maximum Gasteiger partial charge on any atom is 0.266 e. The van der Waals surface area contributed by atoms with E-state index in [1.165, 1.54) is 6.20 Å². The predicted octanol–water partition coefficient (Wildman–Crippen LogP) is 2.96. The highest BCUT2D eigenvalue weighted by molar-refractivity contribution is 7.93. The molecule has 0 amide bonds. The zero-order valence-electron chi connectivity index (χ0n) is 15.2. The third-order valence-corrected chi connectivity index (χ3v) is 6.97. The zero-order valence-corrected chi connectivity index (χ0v) is 17.6. The first-order valence-corrected chi connectivity index (χ1v) is 11.7. The van der Waals surface area contributed by atoms with Gasteiger partial charge in [-0.15, -0.1) is 11.3 Å². The Bertz CT molecular complexity index is 895. The number of anilines is 2. The lowest BCUT2D eigenvalue weighted by Crippen LogP contribution is -2.27. The fourth-order valence-corrected chi connectivity index (χ4v) is 5.23. The van der Waals surface area contributed by atoms with Crippen LogP contribution < -0.4 is 15.8 Å². The molecule has 4 N–H and O–H groups in total. The van der Waals surface area contributed by atoms with Gasteiger partial charge in [-0.1, -0.05) is 11.6 Å². The van der Waals surface area contributed by atoms with Crippen LogP contribution in [0, 0.1) is 5.82 Å². The summed E-state index contributed by atoms with van der Waals surface area (Å²) in [5.41, 5.74) is 6.26. The van der Waals surface area contributed by atoms with Crippen LogP contribution in [0.2, 0.25) is 5.02 Å². The fraction of sp³-hybridized carbons (Fsp3) is 0.471. The molecule has 1 fully saturated rings. The van der Waals surface area contributed by atoms with Gasteiger partial charge in [-0.2, -0.15) is 0 Å². The van der Waals surface area contributed by atoms with Crippen molar-refractivity contribution >= 4 is 43.8 Å². The average Bonchev–Trinajstić information content (AvgIpc) is 3.28. The van der Waals surface area contributed by atoms with Gasteiger partial charge in [-0.05, 0) is 44.5 Å². The second kappa shape index (κ2) is 9.36. The van der Waals surface area contributed by atoms with Gasteiger partial charge in [0.2, 0.25) is 0 Å². The molecule has 1 aliphatic heterocycles. The van der Waals surface area contributed by atoms with Crippen LogP contribution in [-0.4, -0.2) is 50.5 Å². The topological polar surface area (TPSA) is 100 Å². The Morgan fingerprint density at radius 2 is 2.21 bits per heavy atom. The van der Waals surface area contributed by atoms with Gasteiger partial charge < -0.3 is 16.0 Å². The third kappa shape index (κ3) is 5.54. The van der Waals surface area contributed by atoms with E-state index in [1.807, 2.05) is 0 Å². The van der Waals surface area contributed by atoms with E-state index < -0.39 is 20.7 Å². The van der Waals surface area contributed by atoms with Crippen molar-refractivity contribution in [1.82, 2.24) is 9.88 Å². The smallest absolute Gasteiger partial charge is 0.266 e. The van der Waals surface area contributed by atoms with Crippen LogP contribution in [0.25, 0.3) is 0 Å². The van der Waals surface area contributed by atoms with Crippen LogP contribution in [-0.2, 0) is 10.0 Å².